The third-order valence-corrected chi connectivity index (χ3v) is 6.94. The third-order valence-electron chi connectivity index (χ3n) is 2.98. The molecule has 0 bridgehead atoms. The van der Waals surface area contributed by atoms with Gasteiger partial charge in [0.15, 0.2) is 4.33 Å². The van der Waals surface area contributed by atoms with Crippen LogP contribution in [0.1, 0.15) is 17.2 Å². The van der Waals surface area contributed by atoms with Crippen LogP contribution in [-0.4, -0.2) is 12.5 Å². The minimum absolute atomic E-state index is 0.0401. The summed E-state index contributed by atoms with van der Waals surface area (Å²) >= 11 is 41.6. The van der Waals surface area contributed by atoms with Crippen molar-refractivity contribution in [1.82, 2.24) is 0 Å². The number of benzene rings is 1. The molecule has 0 N–H and O–H groups in total. The van der Waals surface area contributed by atoms with Crippen molar-refractivity contribution in [2.75, 3.05) is 0 Å². The highest BCUT2D eigenvalue weighted by atomic mass is 35.6. The molecule has 1 aliphatic carbocycles. The van der Waals surface area contributed by atoms with Crippen molar-refractivity contribution < 1.29 is 5.11 Å². The molecule has 0 spiro atoms. The van der Waals surface area contributed by atoms with Crippen LogP contribution in [0.2, 0.25) is 0 Å². The van der Waals surface area contributed by atoms with E-state index < -0.39 is 18.6 Å². The van der Waals surface area contributed by atoms with E-state index in [1.807, 2.05) is 0 Å². The van der Waals surface area contributed by atoms with Gasteiger partial charge in [-0.25, -0.2) is 5.11 Å². The molecule has 1 nitrogen and oxygen atoms in total. The van der Waals surface area contributed by atoms with Crippen LogP contribution in [0, 0.1) is 0 Å². The minimum Gasteiger partial charge on any atom is -0.223 e. The van der Waals surface area contributed by atoms with Gasteiger partial charge in [-0.2, -0.15) is 0 Å². The Balaban J connectivity index is 2.48. The Labute approximate surface area is 151 Å². The Morgan fingerprint density at radius 3 is 1.95 bits per heavy atom. The predicted molar refractivity (Wildman–Crippen MR) is 87.0 cm³/mol. The molecule has 1 aliphatic rings. The lowest BCUT2D eigenvalue weighted by Crippen LogP contribution is -2.48. The Bertz CT molecular complexity index is 559. The monoisotopic (exact) mass is 411 g/mol. The zero-order chi connectivity index (χ0) is 15.3. The molecule has 1 unspecified atom stereocenters. The summed E-state index contributed by atoms with van der Waals surface area (Å²) in [6.07, 6.45) is 0.188. The smallest absolute Gasteiger partial charge is 0.223 e. The van der Waals surface area contributed by atoms with Crippen LogP contribution in [0.15, 0.2) is 29.8 Å². The quantitative estimate of drug-likeness (QED) is 0.508. The van der Waals surface area contributed by atoms with Gasteiger partial charge in [-0.1, -0.05) is 105 Å². The first-order chi connectivity index (χ1) is 9.00. The summed E-state index contributed by atoms with van der Waals surface area (Å²) in [5.74, 6) is 0. The van der Waals surface area contributed by atoms with Gasteiger partial charge in [0.1, 0.15) is 6.10 Å². The molecule has 1 radical (unpaired) electrons. The molecule has 20 heavy (non-hydrogen) atoms. The van der Waals surface area contributed by atoms with E-state index in [1.54, 1.807) is 24.3 Å². The second kappa shape index (κ2) is 5.54. The SMILES string of the molecule is [O]C1C(C(Cl)(Cl)C(Cl)(Cl)C(Cl)(Cl)Cl)=Cc2ccccc21. The van der Waals surface area contributed by atoms with E-state index in [4.69, 9.17) is 81.2 Å². The van der Waals surface area contributed by atoms with Gasteiger partial charge < -0.3 is 0 Å². The van der Waals surface area contributed by atoms with Crippen LogP contribution >= 0.6 is 81.2 Å². The van der Waals surface area contributed by atoms with E-state index in [-0.39, 0.29) is 5.57 Å². The van der Waals surface area contributed by atoms with Gasteiger partial charge in [-0.3, -0.25) is 0 Å². The molecule has 0 aliphatic heterocycles. The summed E-state index contributed by atoms with van der Waals surface area (Å²) in [4.78, 5) is 0. The topological polar surface area (TPSA) is 19.9 Å². The van der Waals surface area contributed by atoms with Crippen LogP contribution < -0.4 is 0 Å². The molecular weight excluding hydrogens is 408 g/mol. The summed E-state index contributed by atoms with van der Waals surface area (Å²) in [6.45, 7) is 0. The minimum atomic E-state index is -2.20. The molecule has 1 aromatic rings. The molecule has 0 aromatic heterocycles. The van der Waals surface area contributed by atoms with Gasteiger partial charge in [0.2, 0.25) is 8.13 Å². The molecule has 0 saturated carbocycles. The van der Waals surface area contributed by atoms with E-state index in [0.29, 0.717) is 11.1 Å². The third kappa shape index (κ3) is 2.66. The fourth-order valence-corrected chi connectivity index (χ4v) is 3.43. The highest BCUT2D eigenvalue weighted by Crippen LogP contribution is 2.61. The van der Waals surface area contributed by atoms with Crippen LogP contribution in [0.5, 0.6) is 0 Å². The summed E-state index contributed by atoms with van der Waals surface area (Å²) in [6, 6.07) is 6.92. The van der Waals surface area contributed by atoms with Crippen molar-refractivity contribution in [1.29, 1.82) is 0 Å². The first kappa shape index (κ1) is 17.3. The molecule has 0 fully saturated rings. The van der Waals surface area contributed by atoms with Crippen molar-refractivity contribution in [3.63, 3.8) is 0 Å². The maximum Gasteiger partial charge on any atom is 0.226 e. The van der Waals surface area contributed by atoms with Gasteiger partial charge in [-0.05, 0) is 17.2 Å². The first-order valence-corrected chi connectivity index (χ1v) is 7.94. The van der Waals surface area contributed by atoms with Crippen molar-refractivity contribution in [2.45, 2.75) is 18.6 Å². The zero-order valence-corrected chi connectivity index (χ0v) is 14.8. The Morgan fingerprint density at radius 1 is 0.900 bits per heavy atom. The maximum atomic E-state index is 12.4. The number of halogens is 7. The number of hydrogen-bond donors (Lipinski definition) is 0. The van der Waals surface area contributed by atoms with Gasteiger partial charge in [0, 0.05) is 5.57 Å². The van der Waals surface area contributed by atoms with E-state index in [2.05, 4.69) is 0 Å². The molecular formula is C12H6Cl7O. The molecule has 109 valence electrons. The summed E-state index contributed by atoms with van der Waals surface area (Å²) in [5, 5.41) is 12.4. The van der Waals surface area contributed by atoms with Crippen molar-refractivity contribution in [3.05, 3.63) is 41.0 Å². The number of alkyl halides is 7. The van der Waals surface area contributed by atoms with E-state index in [0.717, 1.165) is 0 Å². The van der Waals surface area contributed by atoms with Crippen molar-refractivity contribution in [2.24, 2.45) is 0 Å². The Kier molecular flexibility index (Phi) is 4.80. The Hall–Kier alpha value is 0.950. The maximum absolute atomic E-state index is 12.4. The predicted octanol–water partition coefficient (Wildman–Crippen LogP) is 6.27. The second-order valence-corrected chi connectivity index (χ2v) is 9.19. The zero-order valence-electron chi connectivity index (χ0n) is 9.52. The van der Waals surface area contributed by atoms with E-state index >= 15 is 0 Å². The van der Waals surface area contributed by atoms with Crippen molar-refractivity contribution in [3.8, 4) is 0 Å². The van der Waals surface area contributed by atoms with Gasteiger partial charge >= 0.3 is 0 Å². The average molecular weight is 414 g/mol. The van der Waals surface area contributed by atoms with E-state index in [9.17, 15) is 5.11 Å². The molecule has 1 aromatic carbocycles. The number of rotatable bonds is 2. The lowest BCUT2D eigenvalue weighted by Gasteiger charge is -2.39. The van der Waals surface area contributed by atoms with Gasteiger partial charge in [0.25, 0.3) is 0 Å². The van der Waals surface area contributed by atoms with E-state index in [1.165, 1.54) is 6.08 Å². The summed E-state index contributed by atoms with van der Waals surface area (Å²) in [7, 11) is 0. The van der Waals surface area contributed by atoms with Gasteiger partial charge in [-0.15, -0.1) is 0 Å². The highest BCUT2D eigenvalue weighted by Gasteiger charge is 2.63. The molecule has 8 heteroatoms. The first-order valence-electron chi connectivity index (χ1n) is 5.29. The fraction of sp³-hybridized carbons (Fsp3) is 0.333. The van der Waals surface area contributed by atoms with Crippen LogP contribution in [-0.2, 0) is 5.11 Å². The lowest BCUT2D eigenvalue weighted by molar-refractivity contribution is 0.119. The number of hydrogen-bond acceptors (Lipinski definition) is 0. The normalized spacial score (nSPS) is 19.8. The van der Waals surface area contributed by atoms with Crippen molar-refractivity contribution >= 4 is 87.3 Å². The molecule has 0 heterocycles. The molecule has 0 saturated heterocycles. The summed E-state index contributed by atoms with van der Waals surface area (Å²) < 4.78 is -6.45. The van der Waals surface area contributed by atoms with Crippen LogP contribution in [0.25, 0.3) is 6.08 Å². The van der Waals surface area contributed by atoms with Gasteiger partial charge in [0.05, 0.1) is 0 Å². The molecule has 1 atom stereocenters. The molecule has 2 rings (SSSR count). The summed E-state index contributed by atoms with van der Waals surface area (Å²) in [5.41, 5.74) is 1.24. The number of fused-ring (bicyclic) bond motifs is 1. The largest absolute Gasteiger partial charge is 0.226 e. The molecule has 0 amide bonds. The lowest BCUT2D eigenvalue weighted by atomic mass is 10.0. The average Bonchev–Trinajstić information content (AvgIpc) is 2.66. The Morgan fingerprint density at radius 2 is 1.45 bits per heavy atom. The standard InChI is InChI=1S/C12H6Cl7O/c13-10(14,11(15,16)12(17,18)19)8-5-6-3-1-2-4-7(6)9(8)20/h1-5,9H. The van der Waals surface area contributed by atoms with Crippen LogP contribution in [0.3, 0.4) is 0 Å². The highest BCUT2D eigenvalue weighted by molar-refractivity contribution is 6.79. The van der Waals surface area contributed by atoms with Crippen LogP contribution in [0.4, 0.5) is 0 Å². The fourth-order valence-electron chi connectivity index (χ4n) is 1.91. The second-order valence-electron chi connectivity index (χ2n) is 4.26.